The predicted molar refractivity (Wildman–Crippen MR) is 101 cm³/mol. The second-order valence-electron chi connectivity index (χ2n) is 6.70. The Morgan fingerprint density at radius 1 is 1.17 bits per heavy atom. The zero-order valence-corrected chi connectivity index (χ0v) is 14.7. The normalized spacial score (nSPS) is 19.4. The van der Waals surface area contributed by atoms with Crippen LogP contribution in [0.25, 0.3) is 5.57 Å². The van der Waals surface area contributed by atoms with Crippen molar-refractivity contribution in [3.8, 4) is 5.75 Å². The van der Waals surface area contributed by atoms with Gasteiger partial charge in [0.1, 0.15) is 5.75 Å². The van der Waals surface area contributed by atoms with Gasteiger partial charge in [0, 0.05) is 11.6 Å². The molecule has 1 unspecified atom stereocenters. The van der Waals surface area contributed by atoms with Gasteiger partial charge in [-0.1, -0.05) is 55.8 Å². The molecular weight excluding hydrogens is 294 g/mol. The monoisotopic (exact) mass is 321 g/mol. The maximum absolute atomic E-state index is 10.5. The quantitative estimate of drug-likeness (QED) is 0.868. The highest BCUT2D eigenvalue weighted by Crippen LogP contribution is 2.33. The van der Waals surface area contributed by atoms with Crippen LogP contribution in [0.2, 0.25) is 0 Å². The van der Waals surface area contributed by atoms with Gasteiger partial charge < -0.3 is 5.11 Å². The molecule has 2 aromatic carbocycles. The number of phenols is 1. The maximum Gasteiger partial charge on any atom is 0.123 e. The fraction of sp³-hybridized carbons (Fsp3) is 0.364. The summed E-state index contributed by atoms with van der Waals surface area (Å²) in [5.41, 5.74) is 4.50. The molecule has 0 bridgehead atoms. The van der Waals surface area contributed by atoms with E-state index in [0.717, 1.165) is 24.1 Å². The van der Waals surface area contributed by atoms with E-state index >= 15 is 0 Å². The van der Waals surface area contributed by atoms with Crippen molar-refractivity contribution in [1.82, 2.24) is 4.90 Å². The fourth-order valence-electron chi connectivity index (χ4n) is 3.48. The van der Waals surface area contributed by atoms with E-state index in [4.69, 9.17) is 0 Å². The molecule has 1 aliphatic rings. The Balaban J connectivity index is 2.09. The van der Waals surface area contributed by atoms with Gasteiger partial charge in [0.2, 0.25) is 0 Å². The van der Waals surface area contributed by atoms with Gasteiger partial charge >= 0.3 is 0 Å². The molecule has 126 valence electrons. The first-order valence-corrected chi connectivity index (χ1v) is 8.98. The molecule has 0 aromatic heterocycles. The molecule has 1 saturated heterocycles. The van der Waals surface area contributed by atoms with E-state index in [9.17, 15) is 5.11 Å². The number of likely N-dealkylation sites (tertiary alicyclic amines) is 1. The highest BCUT2D eigenvalue weighted by atomic mass is 16.3. The summed E-state index contributed by atoms with van der Waals surface area (Å²) < 4.78 is 0. The Labute approximate surface area is 145 Å². The second kappa shape index (κ2) is 7.67. The summed E-state index contributed by atoms with van der Waals surface area (Å²) in [4.78, 5) is 2.42. The molecule has 2 heteroatoms. The number of likely N-dealkylation sites (N-methyl/N-ethyl adjacent to an activating group) is 1. The Kier molecular flexibility index (Phi) is 5.37. The average Bonchev–Trinajstić information content (AvgIpc) is 2.62. The van der Waals surface area contributed by atoms with Crippen molar-refractivity contribution >= 4 is 5.57 Å². The van der Waals surface area contributed by atoms with Crippen LogP contribution in [0.5, 0.6) is 5.75 Å². The highest BCUT2D eigenvalue weighted by molar-refractivity contribution is 5.83. The van der Waals surface area contributed by atoms with E-state index in [1.807, 2.05) is 18.2 Å². The predicted octanol–water partition coefficient (Wildman–Crippen LogP) is 4.87. The van der Waals surface area contributed by atoms with Crippen LogP contribution in [0.4, 0.5) is 0 Å². The van der Waals surface area contributed by atoms with Crippen molar-refractivity contribution in [2.24, 2.45) is 0 Å². The summed E-state index contributed by atoms with van der Waals surface area (Å²) in [5, 5.41) is 10.5. The molecule has 0 spiro atoms. The van der Waals surface area contributed by atoms with E-state index in [-0.39, 0.29) is 0 Å². The molecule has 1 heterocycles. The number of phenolic OH excluding ortho intramolecular Hbond substituents is 1. The van der Waals surface area contributed by atoms with Crippen molar-refractivity contribution in [3.05, 3.63) is 71.3 Å². The Morgan fingerprint density at radius 3 is 2.67 bits per heavy atom. The topological polar surface area (TPSA) is 23.5 Å². The minimum Gasteiger partial charge on any atom is -0.507 e. The van der Waals surface area contributed by atoms with Crippen molar-refractivity contribution in [2.45, 2.75) is 38.6 Å². The average molecular weight is 321 g/mol. The minimum absolute atomic E-state index is 0.362. The lowest BCUT2D eigenvalue weighted by Gasteiger charge is -2.31. The number of rotatable bonds is 4. The Hall–Kier alpha value is -2.06. The van der Waals surface area contributed by atoms with Gasteiger partial charge in [-0.2, -0.15) is 0 Å². The van der Waals surface area contributed by atoms with Crippen LogP contribution in [0.3, 0.4) is 0 Å². The standard InChI is InChI=1S/C22H27NO/c1-3-17-12-13-22(24)21(15-17)20(18-9-5-4-6-10-18)16-19-11-7-8-14-23(19)2/h4-6,9-10,12-13,15-16,19,24H,3,7-8,11,14H2,1-2H3/b20-16+. The van der Waals surface area contributed by atoms with Gasteiger partial charge in [-0.25, -0.2) is 0 Å². The molecule has 0 amide bonds. The number of hydrogen-bond donors (Lipinski definition) is 1. The Morgan fingerprint density at radius 2 is 1.96 bits per heavy atom. The minimum atomic E-state index is 0.362. The van der Waals surface area contributed by atoms with E-state index < -0.39 is 0 Å². The molecule has 1 N–H and O–H groups in total. The van der Waals surface area contributed by atoms with Crippen molar-refractivity contribution < 1.29 is 5.11 Å². The van der Waals surface area contributed by atoms with Crippen molar-refractivity contribution in [1.29, 1.82) is 0 Å². The molecule has 0 radical (unpaired) electrons. The number of nitrogens with zero attached hydrogens (tertiary/aromatic N) is 1. The zero-order valence-electron chi connectivity index (χ0n) is 14.7. The van der Waals surface area contributed by atoms with Crippen molar-refractivity contribution in [2.75, 3.05) is 13.6 Å². The largest absolute Gasteiger partial charge is 0.507 e. The zero-order chi connectivity index (χ0) is 16.9. The van der Waals surface area contributed by atoms with Crippen LogP contribution >= 0.6 is 0 Å². The molecule has 0 aliphatic carbocycles. The Bertz CT molecular complexity index is 705. The van der Waals surface area contributed by atoms with Crippen LogP contribution in [0.15, 0.2) is 54.6 Å². The van der Waals surface area contributed by atoms with Gasteiger partial charge in [0.25, 0.3) is 0 Å². The first-order chi connectivity index (χ1) is 11.7. The highest BCUT2D eigenvalue weighted by Gasteiger charge is 2.19. The summed E-state index contributed by atoms with van der Waals surface area (Å²) in [6.07, 6.45) is 7.05. The maximum atomic E-state index is 10.5. The van der Waals surface area contributed by atoms with Gasteiger partial charge in [0.15, 0.2) is 0 Å². The van der Waals surface area contributed by atoms with Crippen LogP contribution in [0.1, 0.15) is 42.9 Å². The van der Waals surface area contributed by atoms with Gasteiger partial charge in [-0.3, -0.25) is 4.90 Å². The molecule has 0 saturated carbocycles. The summed E-state index contributed by atoms with van der Waals surface area (Å²) in [5.74, 6) is 0.362. The van der Waals surface area contributed by atoms with Crippen LogP contribution in [-0.2, 0) is 6.42 Å². The summed E-state index contributed by atoms with van der Waals surface area (Å²) >= 11 is 0. The third kappa shape index (κ3) is 3.70. The van der Waals surface area contributed by atoms with E-state index in [0.29, 0.717) is 11.8 Å². The van der Waals surface area contributed by atoms with Gasteiger partial charge in [-0.05, 0) is 61.7 Å². The third-order valence-corrected chi connectivity index (χ3v) is 5.03. The van der Waals surface area contributed by atoms with Gasteiger partial charge in [-0.15, -0.1) is 0 Å². The van der Waals surface area contributed by atoms with E-state index in [1.165, 1.54) is 30.4 Å². The fourth-order valence-corrected chi connectivity index (χ4v) is 3.48. The second-order valence-corrected chi connectivity index (χ2v) is 6.70. The number of piperidine rings is 1. The molecule has 1 fully saturated rings. The summed E-state index contributed by atoms with van der Waals surface area (Å²) in [7, 11) is 2.20. The van der Waals surface area contributed by atoms with E-state index in [2.05, 4.69) is 55.3 Å². The first-order valence-electron chi connectivity index (χ1n) is 8.98. The number of hydrogen-bond acceptors (Lipinski definition) is 2. The van der Waals surface area contributed by atoms with Crippen molar-refractivity contribution in [3.63, 3.8) is 0 Å². The van der Waals surface area contributed by atoms with Crippen LogP contribution < -0.4 is 0 Å². The molecule has 24 heavy (non-hydrogen) atoms. The van der Waals surface area contributed by atoms with Crippen LogP contribution in [0, 0.1) is 0 Å². The molecule has 2 aromatic rings. The first kappa shape index (κ1) is 16.8. The molecule has 3 rings (SSSR count). The molecular formula is C22H27NO. The molecule has 1 atom stereocenters. The number of aryl methyl sites for hydroxylation is 1. The molecule has 2 nitrogen and oxygen atoms in total. The summed E-state index contributed by atoms with van der Waals surface area (Å²) in [6.45, 7) is 3.29. The summed E-state index contributed by atoms with van der Waals surface area (Å²) in [6, 6.07) is 16.8. The van der Waals surface area contributed by atoms with E-state index in [1.54, 1.807) is 0 Å². The smallest absolute Gasteiger partial charge is 0.123 e. The number of aromatic hydroxyl groups is 1. The molecule has 1 aliphatic heterocycles. The third-order valence-electron chi connectivity index (χ3n) is 5.03. The van der Waals surface area contributed by atoms with Gasteiger partial charge in [0.05, 0.1) is 0 Å². The lowest BCUT2D eigenvalue weighted by molar-refractivity contribution is 0.222. The SMILES string of the molecule is CCc1ccc(O)c(/C(=C/C2CCCCN2C)c2ccccc2)c1. The number of benzene rings is 2. The lowest BCUT2D eigenvalue weighted by Crippen LogP contribution is -2.34. The lowest BCUT2D eigenvalue weighted by atomic mass is 9.91. The van der Waals surface area contributed by atoms with Crippen LogP contribution in [-0.4, -0.2) is 29.6 Å².